The van der Waals surface area contributed by atoms with Crippen LogP contribution in [0, 0.1) is 5.92 Å². The summed E-state index contributed by atoms with van der Waals surface area (Å²) in [5.41, 5.74) is 0.379. The summed E-state index contributed by atoms with van der Waals surface area (Å²) in [6.45, 7) is 0. The monoisotopic (exact) mass is 274 g/mol. The lowest BCUT2D eigenvalue weighted by Gasteiger charge is -2.34. The van der Waals surface area contributed by atoms with Gasteiger partial charge in [-0.05, 0) is 18.9 Å². The number of hydrogen-bond acceptors (Lipinski definition) is 2. The Hall–Kier alpha value is -1.46. The van der Waals surface area contributed by atoms with E-state index in [1.165, 1.54) is 22.9 Å². The van der Waals surface area contributed by atoms with Crippen molar-refractivity contribution in [3.05, 3.63) is 28.7 Å². The van der Waals surface area contributed by atoms with Gasteiger partial charge in [0.2, 0.25) is 5.56 Å². The first kappa shape index (κ1) is 14.0. The van der Waals surface area contributed by atoms with Gasteiger partial charge in [-0.1, -0.05) is 12.8 Å². The van der Waals surface area contributed by atoms with Crippen LogP contribution in [0.25, 0.3) is 0 Å². The maximum Gasteiger partial charge on any atom is 0.393 e. The van der Waals surface area contributed by atoms with E-state index in [0.717, 1.165) is 6.42 Å². The molecule has 2 rings (SSSR count). The van der Waals surface area contributed by atoms with Gasteiger partial charge in [0.05, 0.1) is 11.6 Å². The number of alkyl halides is 3. The van der Waals surface area contributed by atoms with E-state index >= 15 is 0 Å². The molecule has 0 saturated heterocycles. The second-order valence-electron chi connectivity index (χ2n) is 5.05. The maximum atomic E-state index is 12.9. The Bertz CT molecular complexity index is 495. The van der Waals surface area contributed by atoms with Crippen LogP contribution in [0.1, 0.15) is 25.7 Å². The highest BCUT2D eigenvalue weighted by molar-refractivity contribution is 5.41. The molecule has 0 aliphatic heterocycles. The van der Waals surface area contributed by atoms with E-state index in [2.05, 4.69) is 5.32 Å². The minimum absolute atomic E-state index is 0.174. The Kier molecular flexibility index (Phi) is 3.87. The average molecular weight is 274 g/mol. The van der Waals surface area contributed by atoms with Crippen molar-refractivity contribution in [1.82, 2.24) is 4.57 Å². The second-order valence-corrected chi connectivity index (χ2v) is 5.05. The van der Waals surface area contributed by atoms with Crippen LogP contribution in [-0.4, -0.2) is 16.8 Å². The number of rotatable bonds is 2. The molecular weight excluding hydrogens is 257 g/mol. The first-order valence-corrected chi connectivity index (χ1v) is 6.38. The summed E-state index contributed by atoms with van der Waals surface area (Å²) < 4.78 is 40.2. The van der Waals surface area contributed by atoms with E-state index in [1.807, 2.05) is 0 Å². The van der Waals surface area contributed by atoms with Crippen LogP contribution in [0.4, 0.5) is 18.9 Å². The van der Waals surface area contributed by atoms with E-state index in [1.54, 1.807) is 7.05 Å². The highest BCUT2D eigenvalue weighted by atomic mass is 19.4. The van der Waals surface area contributed by atoms with Crippen molar-refractivity contribution in [3.8, 4) is 0 Å². The van der Waals surface area contributed by atoms with E-state index in [9.17, 15) is 18.0 Å². The molecule has 1 fully saturated rings. The summed E-state index contributed by atoms with van der Waals surface area (Å²) in [4.78, 5) is 11.2. The van der Waals surface area contributed by atoms with Crippen LogP contribution in [0.3, 0.4) is 0 Å². The van der Waals surface area contributed by atoms with Gasteiger partial charge in [0.15, 0.2) is 0 Å². The molecule has 3 nitrogen and oxygen atoms in total. The van der Waals surface area contributed by atoms with Gasteiger partial charge in [-0.25, -0.2) is 0 Å². The lowest BCUT2D eigenvalue weighted by atomic mass is 9.84. The highest BCUT2D eigenvalue weighted by Gasteiger charge is 2.45. The lowest BCUT2D eigenvalue weighted by Crippen LogP contribution is -2.41. The molecule has 0 radical (unpaired) electrons. The van der Waals surface area contributed by atoms with Crippen LogP contribution in [0.2, 0.25) is 0 Å². The SMILES string of the molecule is Cn1cc(NC2CCCCC2C(F)(F)F)ccc1=O. The van der Waals surface area contributed by atoms with Gasteiger partial charge >= 0.3 is 6.18 Å². The topological polar surface area (TPSA) is 34.0 Å². The number of pyridine rings is 1. The van der Waals surface area contributed by atoms with Gasteiger partial charge in [-0.15, -0.1) is 0 Å². The number of nitrogens with zero attached hydrogens (tertiary/aromatic N) is 1. The number of aromatic nitrogens is 1. The third-order valence-corrected chi connectivity index (χ3v) is 3.62. The van der Waals surface area contributed by atoms with Crippen LogP contribution in [0.15, 0.2) is 23.1 Å². The quantitative estimate of drug-likeness (QED) is 0.899. The molecule has 106 valence electrons. The van der Waals surface area contributed by atoms with E-state index in [0.29, 0.717) is 18.5 Å². The summed E-state index contributed by atoms with van der Waals surface area (Å²) in [6.07, 6.45) is -0.533. The average Bonchev–Trinajstić information content (AvgIpc) is 2.33. The van der Waals surface area contributed by atoms with Crippen molar-refractivity contribution in [2.24, 2.45) is 13.0 Å². The van der Waals surface area contributed by atoms with Gasteiger partial charge in [-0.2, -0.15) is 13.2 Å². The van der Waals surface area contributed by atoms with E-state index < -0.39 is 18.1 Å². The zero-order valence-electron chi connectivity index (χ0n) is 10.7. The van der Waals surface area contributed by atoms with E-state index in [4.69, 9.17) is 0 Å². The zero-order chi connectivity index (χ0) is 14.0. The first-order chi connectivity index (χ1) is 8.88. The van der Waals surface area contributed by atoms with E-state index in [-0.39, 0.29) is 12.0 Å². The van der Waals surface area contributed by atoms with Gasteiger partial charge in [0, 0.05) is 25.4 Å². The number of aryl methyl sites for hydroxylation is 1. The Morgan fingerprint density at radius 3 is 2.58 bits per heavy atom. The Labute approximate surface area is 109 Å². The third kappa shape index (κ3) is 3.30. The molecule has 1 aliphatic rings. The van der Waals surface area contributed by atoms with Crippen LogP contribution in [-0.2, 0) is 7.05 Å². The molecule has 6 heteroatoms. The fraction of sp³-hybridized carbons (Fsp3) is 0.615. The molecule has 2 atom stereocenters. The minimum atomic E-state index is -4.17. The summed E-state index contributed by atoms with van der Waals surface area (Å²) in [5, 5.41) is 2.93. The molecule has 0 aromatic carbocycles. The zero-order valence-corrected chi connectivity index (χ0v) is 10.7. The van der Waals surface area contributed by atoms with Crippen LogP contribution in [0.5, 0.6) is 0 Å². The molecule has 2 unspecified atom stereocenters. The van der Waals surface area contributed by atoms with Crippen molar-refractivity contribution in [3.63, 3.8) is 0 Å². The first-order valence-electron chi connectivity index (χ1n) is 6.38. The lowest BCUT2D eigenvalue weighted by molar-refractivity contribution is -0.184. The standard InChI is InChI=1S/C13H17F3N2O/c1-18-8-9(6-7-12(18)19)17-11-5-3-2-4-10(11)13(14,15)16/h6-8,10-11,17H,2-5H2,1H3. The molecule has 19 heavy (non-hydrogen) atoms. The van der Waals surface area contributed by atoms with Crippen molar-refractivity contribution in [2.45, 2.75) is 37.9 Å². The summed E-state index contributed by atoms with van der Waals surface area (Å²) >= 11 is 0. The third-order valence-electron chi connectivity index (χ3n) is 3.62. The molecule has 0 spiro atoms. The smallest absolute Gasteiger partial charge is 0.381 e. The van der Waals surface area contributed by atoms with Crippen LogP contribution < -0.4 is 10.9 Å². The normalized spacial score (nSPS) is 24.2. The number of hydrogen-bond donors (Lipinski definition) is 1. The van der Waals surface area contributed by atoms with Crippen molar-refractivity contribution >= 4 is 5.69 Å². The summed E-state index contributed by atoms with van der Waals surface area (Å²) in [7, 11) is 1.58. The fourth-order valence-corrected chi connectivity index (χ4v) is 2.59. The number of anilines is 1. The molecule has 1 aliphatic carbocycles. The predicted octanol–water partition coefficient (Wildman–Crippen LogP) is 2.92. The number of halogens is 3. The molecule has 0 amide bonds. The van der Waals surface area contributed by atoms with Gasteiger partial charge in [-0.3, -0.25) is 4.79 Å². The Balaban J connectivity index is 2.15. The van der Waals surface area contributed by atoms with Gasteiger partial charge < -0.3 is 9.88 Å². The molecule has 0 bridgehead atoms. The summed E-state index contributed by atoms with van der Waals surface area (Å²) in [6, 6.07) is 2.28. The van der Waals surface area contributed by atoms with Crippen LogP contribution >= 0.6 is 0 Å². The van der Waals surface area contributed by atoms with Gasteiger partial charge in [0.1, 0.15) is 0 Å². The summed E-state index contributed by atoms with van der Waals surface area (Å²) in [5.74, 6) is -1.31. The minimum Gasteiger partial charge on any atom is -0.381 e. The molecule has 1 N–H and O–H groups in total. The predicted molar refractivity (Wildman–Crippen MR) is 67.1 cm³/mol. The molecule has 1 aromatic heterocycles. The van der Waals surface area contributed by atoms with Gasteiger partial charge in [0.25, 0.3) is 0 Å². The molecule has 1 saturated carbocycles. The Morgan fingerprint density at radius 1 is 1.26 bits per heavy atom. The van der Waals surface area contributed by atoms with Crippen molar-refractivity contribution in [2.75, 3.05) is 5.32 Å². The highest BCUT2D eigenvalue weighted by Crippen LogP contribution is 2.38. The second kappa shape index (κ2) is 5.27. The number of nitrogens with one attached hydrogen (secondary N) is 1. The maximum absolute atomic E-state index is 12.9. The van der Waals surface area contributed by atoms with Crippen molar-refractivity contribution < 1.29 is 13.2 Å². The Morgan fingerprint density at radius 2 is 1.95 bits per heavy atom. The molecule has 1 aromatic rings. The fourth-order valence-electron chi connectivity index (χ4n) is 2.59. The molecular formula is C13H17F3N2O. The molecule has 1 heterocycles. The largest absolute Gasteiger partial charge is 0.393 e. The van der Waals surface area contributed by atoms with Crippen molar-refractivity contribution in [1.29, 1.82) is 0 Å².